The molecule has 0 heterocycles. The number of carbonyl (C=O) groups is 1. The molecule has 2 rings (SSSR count). The van der Waals surface area contributed by atoms with Crippen LogP contribution in [0.15, 0.2) is 42.5 Å². The number of rotatable bonds is 3. The van der Waals surface area contributed by atoms with E-state index < -0.39 is 0 Å². The minimum Gasteiger partial charge on any atom is 0 e. The van der Waals surface area contributed by atoms with Gasteiger partial charge in [0.1, 0.15) is 0 Å². The molecule has 6 heteroatoms. The molecule has 0 N–H and O–H groups in total. The van der Waals surface area contributed by atoms with Crippen LogP contribution < -0.4 is 4.90 Å². The van der Waals surface area contributed by atoms with Gasteiger partial charge in [-0.3, -0.25) is 4.79 Å². The van der Waals surface area contributed by atoms with Crippen molar-refractivity contribution in [2.75, 3.05) is 11.9 Å². The van der Waals surface area contributed by atoms with E-state index in [1.807, 2.05) is 44.3 Å². The summed E-state index contributed by atoms with van der Waals surface area (Å²) in [4.78, 5) is 14.5. The third kappa shape index (κ3) is 8.26. The second kappa shape index (κ2) is 17.1. The van der Waals surface area contributed by atoms with E-state index in [1.165, 1.54) is 5.56 Å². The van der Waals surface area contributed by atoms with Gasteiger partial charge in [0.2, 0.25) is 0 Å². The molecular formula is C21H21CrNO4. The van der Waals surface area contributed by atoms with Crippen molar-refractivity contribution in [1.82, 2.24) is 0 Å². The first-order valence-corrected chi connectivity index (χ1v) is 7.59. The fraction of sp³-hybridized carbons (Fsp3) is 0.238. The van der Waals surface area contributed by atoms with E-state index >= 15 is 0 Å². The molecule has 0 radical (unpaired) electrons. The molecule has 0 spiro atoms. The Labute approximate surface area is 171 Å². The molecule has 0 bridgehead atoms. The van der Waals surface area contributed by atoms with Crippen LogP contribution in [0, 0.1) is 33.8 Å². The Morgan fingerprint density at radius 2 is 1.37 bits per heavy atom. The Balaban J connectivity index is -0.000000749. The SMILES string of the molecule is CCc1cccc(C)c1N(C)C(=O)c1ccccc1C.[C-]#[O+].[C-]#[O+].[C-]#[O+].[Cr]. The van der Waals surface area contributed by atoms with E-state index in [1.54, 1.807) is 4.90 Å². The minimum atomic E-state index is 0. The number of anilines is 1. The van der Waals surface area contributed by atoms with Crippen LogP contribution in [0.25, 0.3) is 0 Å². The molecule has 0 fully saturated rings. The first-order valence-electron chi connectivity index (χ1n) is 7.59. The predicted molar refractivity (Wildman–Crippen MR) is 96.3 cm³/mol. The zero-order valence-electron chi connectivity index (χ0n) is 15.7. The fourth-order valence-electron chi connectivity index (χ4n) is 2.58. The first kappa shape index (κ1) is 29.4. The third-order valence-corrected chi connectivity index (χ3v) is 3.72. The molecule has 0 aliphatic heterocycles. The normalized spacial score (nSPS) is 7.93. The van der Waals surface area contributed by atoms with Gasteiger partial charge in [-0.25, -0.2) is 0 Å². The molecule has 2 aromatic carbocycles. The van der Waals surface area contributed by atoms with Crippen LogP contribution in [-0.4, -0.2) is 13.0 Å². The van der Waals surface area contributed by atoms with E-state index in [-0.39, 0.29) is 23.3 Å². The number of carbonyl (C=O) groups excluding carboxylic acids is 1. The van der Waals surface area contributed by atoms with Gasteiger partial charge in [-0.05, 0) is 43.0 Å². The Hall–Kier alpha value is -2.34. The molecule has 0 saturated carbocycles. The minimum absolute atomic E-state index is 0. The summed E-state index contributed by atoms with van der Waals surface area (Å²) >= 11 is 0. The monoisotopic (exact) mass is 403 g/mol. The van der Waals surface area contributed by atoms with Gasteiger partial charge in [-0.1, -0.05) is 43.3 Å². The Morgan fingerprint density at radius 1 is 0.889 bits per heavy atom. The standard InChI is InChI=1S/C18H21NO.3CO.Cr/c1-5-15-11-8-10-14(3)17(15)19(4)18(20)16-12-7-6-9-13(16)2;3*1-2;/h6-12H,5H2,1-4H3;;;;. The van der Waals surface area contributed by atoms with E-state index in [0.717, 1.165) is 28.8 Å². The maximum Gasteiger partial charge on any atom is 0 e. The van der Waals surface area contributed by atoms with Gasteiger partial charge in [0.25, 0.3) is 5.91 Å². The smallest absolute Gasteiger partial charge is 0 e. The van der Waals surface area contributed by atoms with Crippen LogP contribution in [0.2, 0.25) is 0 Å². The van der Waals surface area contributed by atoms with Crippen LogP contribution in [0.1, 0.15) is 34.0 Å². The second-order valence-electron chi connectivity index (χ2n) is 5.12. The molecule has 0 unspecified atom stereocenters. The molecule has 5 nitrogen and oxygen atoms in total. The van der Waals surface area contributed by atoms with E-state index in [0.29, 0.717) is 0 Å². The molecular weight excluding hydrogens is 382 g/mol. The van der Waals surface area contributed by atoms with Crippen molar-refractivity contribution >= 4 is 11.6 Å². The number of aryl methyl sites for hydroxylation is 3. The average Bonchev–Trinajstić information content (AvgIpc) is 2.71. The fourth-order valence-corrected chi connectivity index (χ4v) is 2.58. The summed E-state index contributed by atoms with van der Waals surface area (Å²) in [5, 5.41) is 0. The van der Waals surface area contributed by atoms with Crippen molar-refractivity contribution in [3.63, 3.8) is 0 Å². The topological polar surface area (TPSA) is 80.0 Å². The van der Waals surface area contributed by atoms with Crippen molar-refractivity contribution < 1.29 is 36.1 Å². The number of hydrogen-bond acceptors (Lipinski definition) is 1. The van der Waals surface area contributed by atoms with Crippen molar-refractivity contribution in [3.05, 3.63) is 84.7 Å². The number of nitrogens with zero attached hydrogens (tertiary/aromatic N) is 1. The molecule has 0 aromatic heterocycles. The van der Waals surface area contributed by atoms with Crippen LogP contribution in [0.5, 0.6) is 0 Å². The van der Waals surface area contributed by atoms with Crippen LogP contribution in [0.3, 0.4) is 0 Å². The first-order chi connectivity index (χ1) is 12.6. The maximum absolute atomic E-state index is 12.7. The van der Waals surface area contributed by atoms with Crippen LogP contribution in [-0.2, 0) is 37.7 Å². The molecule has 0 aliphatic rings. The molecule has 27 heavy (non-hydrogen) atoms. The number of benzene rings is 2. The molecule has 0 saturated heterocycles. The Morgan fingerprint density at radius 3 is 1.85 bits per heavy atom. The van der Waals surface area contributed by atoms with Gasteiger partial charge < -0.3 is 4.90 Å². The van der Waals surface area contributed by atoms with Gasteiger partial charge >= 0.3 is 33.9 Å². The zero-order chi connectivity index (χ0) is 20.7. The summed E-state index contributed by atoms with van der Waals surface area (Å²) in [6, 6.07) is 13.9. The van der Waals surface area contributed by atoms with Gasteiger partial charge in [-0.2, -0.15) is 0 Å². The van der Waals surface area contributed by atoms with E-state index in [9.17, 15) is 4.79 Å². The summed E-state index contributed by atoms with van der Waals surface area (Å²) < 4.78 is 22.5. The van der Waals surface area contributed by atoms with Gasteiger partial charge in [-0.15, -0.1) is 0 Å². The maximum atomic E-state index is 12.7. The van der Waals surface area contributed by atoms with Crippen molar-refractivity contribution in [2.24, 2.45) is 0 Å². The van der Waals surface area contributed by atoms with Crippen molar-refractivity contribution in [2.45, 2.75) is 27.2 Å². The summed E-state index contributed by atoms with van der Waals surface area (Å²) in [7, 11) is 1.86. The average molecular weight is 403 g/mol. The Kier molecular flexibility index (Phi) is 18.6. The molecule has 0 atom stereocenters. The van der Waals surface area contributed by atoms with Crippen molar-refractivity contribution in [3.8, 4) is 0 Å². The summed E-state index contributed by atoms with van der Waals surface area (Å²) in [6.45, 7) is 19.6. The summed E-state index contributed by atoms with van der Waals surface area (Å²) in [5.41, 5.74) is 5.14. The predicted octanol–water partition coefficient (Wildman–Crippen LogP) is 4.03. The second-order valence-corrected chi connectivity index (χ2v) is 5.12. The summed E-state index contributed by atoms with van der Waals surface area (Å²) in [6.07, 6.45) is 0.919. The molecule has 140 valence electrons. The molecule has 1 amide bonds. The molecule has 2 aromatic rings. The third-order valence-electron chi connectivity index (χ3n) is 3.72. The molecule has 0 aliphatic carbocycles. The Bertz CT molecular complexity index is 752. The van der Waals surface area contributed by atoms with Gasteiger partial charge in [0, 0.05) is 35.7 Å². The van der Waals surface area contributed by atoms with Crippen LogP contribution in [0.4, 0.5) is 5.69 Å². The van der Waals surface area contributed by atoms with Crippen molar-refractivity contribution in [1.29, 1.82) is 0 Å². The zero-order valence-corrected chi connectivity index (χ0v) is 17.0. The van der Waals surface area contributed by atoms with E-state index in [2.05, 4.69) is 45.9 Å². The number of para-hydroxylation sites is 1. The largest absolute Gasteiger partial charge is 0 e. The van der Waals surface area contributed by atoms with Gasteiger partial charge in [0.05, 0.1) is 0 Å². The summed E-state index contributed by atoms with van der Waals surface area (Å²) in [5.74, 6) is 0.0482. The van der Waals surface area contributed by atoms with Gasteiger partial charge in [0.15, 0.2) is 0 Å². The van der Waals surface area contributed by atoms with E-state index in [4.69, 9.17) is 14.0 Å². The quantitative estimate of drug-likeness (QED) is 0.563. The number of hydrogen-bond donors (Lipinski definition) is 0. The number of amides is 1. The van der Waals surface area contributed by atoms with Crippen LogP contribution >= 0.6 is 0 Å².